The number of nitrogen functional groups attached to an aromatic ring is 1. The predicted molar refractivity (Wildman–Crippen MR) is 150 cm³/mol. The molecule has 3 heterocycles. The number of aromatic nitrogens is 1. The molecule has 0 saturated carbocycles. The van der Waals surface area contributed by atoms with Crippen molar-refractivity contribution in [3.05, 3.63) is 40.4 Å². The summed E-state index contributed by atoms with van der Waals surface area (Å²) in [7, 11) is -2.69. The topological polar surface area (TPSA) is 197 Å². The molecule has 0 aliphatic carbocycles. The molecule has 2 unspecified atom stereocenters. The Morgan fingerprint density at radius 2 is 2.07 bits per heavy atom. The van der Waals surface area contributed by atoms with Crippen molar-refractivity contribution in [2.75, 3.05) is 45.6 Å². The Hall–Kier alpha value is -3.15. The third-order valence-electron chi connectivity index (χ3n) is 7.38. The predicted octanol–water partition coefficient (Wildman–Crippen LogP) is 0.917. The standard InChI is InChI=1S/C25H34N6O8S2/c1-25(2)19(23(33)30(25)39-41(34,35)36)13-21(32)22(20-15-40-24(27)28-20)29-38-11-10-37-18-5-4-17-14-31(3,9-7-26)8-6-16(17)12-18/h4-5,12,15,19H,6-11,13-14,26H2,1-3H3,(H2-,27,28,34,35,36)/p+1/b29-22-. The van der Waals surface area contributed by atoms with Gasteiger partial charge in [-0.25, -0.2) is 4.98 Å². The van der Waals surface area contributed by atoms with Crippen LogP contribution in [0.3, 0.4) is 0 Å². The number of amides is 1. The number of carbonyl (C=O) groups excluding carboxylic acids is 2. The Morgan fingerprint density at radius 1 is 1.32 bits per heavy atom. The molecule has 0 spiro atoms. The van der Waals surface area contributed by atoms with E-state index in [0.29, 0.717) is 17.4 Å². The second-order valence-electron chi connectivity index (χ2n) is 10.9. The summed E-state index contributed by atoms with van der Waals surface area (Å²) in [5, 5.41) is 6.25. The molecule has 14 nitrogen and oxygen atoms in total. The number of quaternary nitrogens is 1. The zero-order valence-corrected chi connectivity index (χ0v) is 24.7. The Balaban J connectivity index is 1.36. The van der Waals surface area contributed by atoms with Gasteiger partial charge in [-0.1, -0.05) is 5.16 Å². The van der Waals surface area contributed by atoms with Gasteiger partial charge in [0, 0.05) is 30.3 Å². The van der Waals surface area contributed by atoms with Crippen LogP contribution in [0.1, 0.15) is 37.1 Å². The van der Waals surface area contributed by atoms with E-state index in [2.05, 4.69) is 27.5 Å². The van der Waals surface area contributed by atoms with Crippen molar-refractivity contribution in [3.63, 3.8) is 0 Å². The number of hydroxylamine groups is 2. The smallest absolute Gasteiger partial charge is 0.418 e. The first kappa shape index (κ1) is 30.8. The number of carbonyl (C=O) groups is 2. The number of oxime groups is 1. The molecule has 16 heteroatoms. The molecule has 41 heavy (non-hydrogen) atoms. The van der Waals surface area contributed by atoms with Crippen LogP contribution in [0.4, 0.5) is 5.13 Å². The van der Waals surface area contributed by atoms with Crippen molar-refractivity contribution < 1.29 is 40.9 Å². The van der Waals surface area contributed by atoms with Gasteiger partial charge in [-0.15, -0.1) is 15.6 Å². The van der Waals surface area contributed by atoms with Gasteiger partial charge in [0.25, 0.3) is 5.91 Å². The number of thiazole rings is 1. The van der Waals surface area contributed by atoms with Crippen LogP contribution in [0.25, 0.3) is 0 Å². The third kappa shape index (κ3) is 7.20. The number of anilines is 1. The first-order valence-electron chi connectivity index (χ1n) is 13.0. The van der Waals surface area contributed by atoms with E-state index >= 15 is 0 Å². The number of nitrogens with two attached hydrogens (primary N) is 2. The van der Waals surface area contributed by atoms with Crippen LogP contribution >= 0.6 is 11.3 Å². The van der Waals surface area contributed by atoms with Gasteiger partial charge < -0.3 is 25.5 Å². The van der Waals surface area contributed by atoms with Crippen LogP contribution in [0.15, 0.2) is 28.7 Å². The summed E-state index contributed by atoms with van der Waals surface area (Å²) in [4.78, 5) is 35.2. The Bertz CT molecular complexity index is 1440. The minimum atomic E-state index is -4.91. The van der Waals surface area contributed by atoms with E-state index in [1.165, 1.54) is 30.4 Å². The van der Waals surface area contributed by atoms with Crippen molar-refractivity contribution in [1.29, 1.82) is 0 Å². The van der Waals surface area contributed by atoms with E-state index in [1.807, 2.05) is 12.1 Å². The van der Waals surface area contributed by atoms with Gasteiger partial charge in [0.05, 0.1) is 31.6 Å². The van der Waals surface area contributed by atoms with Crippen LogP contribution in [-0.2, 0) is 42.1 Å². The number of fused-ring (bicyclic) bond motifs is 1. The van der Waals surface area contributed by atoms with E-state index in [1.54, 1.807) is 0 Å². The highest BCUT2D eigenvalue weighted by atomic mass is 32.3. The first-order chi connectivity index (χ1) is 19.2. The number of ketones is 1. The van der Waals surface area contributed by atoms with Crippen molar-refractivity contribution in [2.24, 2.45) is 16.8 Å². The highest BCUT2D eigenvalue weighted by molar-refractivity contribution is 7.80. The van der Waals surface area contributed by atoms with E-state index in [9.17, 15) is 18.0 Å². The molecule has 2 aliphatic rings. The maximum Gasteiger partial charge on any atom is 0.418 e. The Kier molecular flexibility index (Phi) is 9.01. The largest absolute Gasteiger partial charge is 0.490 e. The molecule has 1 saturated heterocycles. The minimum Gasteiger partial charge on any atom is -0.490 e. The molecule has 4 rings (SSSR count). The molecule has 5 N–H and O–H groups in total. The van der Waals surface area contributed by atoms with Gasteiger partial charge in [0.2, 0.25) is 0 Å². The number of nitrogens with zero attached hydrogens (tertiary/aromatic N) is 4. The summed E-state index contributed by atoms with van der Waals surface area (Å²) in [5.41, 5.74) is 12.9. The molecule has 0 bridgehead atoms. The highest BCUT2D eigenvalue weighted by Gasteiger charge is 2.57. The van der Waals surface area contributed by atoms with Crippen LogP contribution < -0.4 is 16.2 Å². The van der Waals surface area contributed by atoms with Crippen LogP contribution in [0.2, 0.25) is 0 Å². The lowest BCUT2D eigenvalue weighted by atomic mass is 9.74. The van der Waals surface area contributed by atoms with E-state index in [-0.39, 0.29) is 36.2 Å². The minimum absolute atomic E-state index is 0.0305. The van der Waals surface area contributed by atoms with Crippen molar-refractivity contribution in [3.8, 4) is 5.75 Å². The lowest BCUT2D eigenvalue weighted by molar-refractivity contribution is -0.923. The molecular formula is C25H35N6O8S2+. The second-order valence-corrected chi connectivity index (χ2v) is 12.7. The summed E-state index contributed by atoms with van der Waals surface area (Å²) in [6.07, 6.45) is 0.609. The van der Waals surface area contributed by atoms with Crippen molar-refractivity contribution in [2.45, 2.75) is 38.8 Å². The van der Waals surface area contributed by atoms with E-state index in [4.69, 9.17) is 25.6 Å². The van der Waals surface area contributed by atoms with Gasteiger partial charge in [-0.05, 0) is 37.6 Å². The maximum absolute atomic E-state index is 13.2. The number of hydrogen-bond acceptors (Lipinski definition) is 12. The summed E-state index contributed by atoms with van der Waals surface area (Å²) < 4.78 is 42.2. The number of ether oxygens (including phenoxy) is 1. The van der Waals surface area contributed by atoms with Gasteiger partial charge in [0.15, 0.2) is 23.2 Å². The zero-order chi connectivity index (χ0) is 30.0. The van der Waals surface area contributed by atoms with Crippen molar-refractivity contribution in [1.82, 2.24) is 10.0 Å². The van der Waals surface area contributed by atoms with E-state index < -0.39 is 33.5 Å². The highest BCUT2D eigenvalue weighted by Crippen LogP contribution is 2.40. The maximum atomic E-state index is 13.2. The summed E-state index contributed by atoms with van der Waals surface area (Å²) >= 11 is 1.11. The Morgan fingerprint density at radius 3 is 2.71 bits per heavy atom. The fourth-order valence-corrected chi connectivity index (χ4v) is 6.06. The molecule has 2 aromatic rings. The third-order valence-corrected chi connectivity index (χ3v) is 8.39. The monoisotopic (exact) mass is 611 g/mol. The molecule has 0 radical (unpaired) electrons. The summed E-state index contributed by atoms with van der Waals surface area (Å²) in [6.45, 7) is 6.73. The van der Waals surface area contributed by atoms with Crippen molar-refractivity contribution >= 4 is 44.3 Å². The molecule has 1 amide bonds. The Labute approximate surface area is 242 Å². The van der Waals surface area contributed by atoms with Gasteiger partial charge in [0.1, 0.15) is 24.6 Å². The number of benzene rings is 1. The molecule has 2 atom stereocenters. The molecule has 224 valence electrons. The quantitative estimate of drug-likeness (QED) is 0.0727. The average Bonchev–Trinajstić information content (AvgIpc) is 3.32. The average molecular weight is 612 g/mol. The lowest BCUT2D eigenvalue weighted by Crippen LogP contribution is -2.68. The van der Waals surface area contributed by atoms with Gasteiger partial charge in [-0.2, -0.15) is 13.5 Å². The fourth-order valence-electron chi connectivity index (χ4n) is 5.06. The number of Topliss-reactive ketones (excluding diaryl/α,β-unsaturated/α-hetero) is 1. The van der Waals surface area contributed by atoms with Crippen LogP contribution in [0.5, 0.6) is 5.75 Å². The number of β-lactam (4-membered cyclic amide) rings is 1. The molecular weight excluding hydrogens is 576 g/mol. The van der Waals surface area contributed by atoms with Crippen LogP contribution in [0, 0.1) is 5.92 Å². The number of hydrogen-bond donors (Lipinski definition) is 3. The molecule has 1 aromatic heterocycles. The van der Waals surface area contributed by atoms with Gasteiger partial charge >= 0.3 is 10.4 Å². The summed E-state index contributed by atoms with van der Waals surface area (Å²) in [5.74, 6) is -1.57. The fraction of sp³-hybridized carbons (Fsp3) is 0.520. The molecule has 2 aliphatic heterocycles. The molecule has 1 aromatic carbocycles. The zero-order valence-electron chi connectivity index (χ0n) is 23.1. The molecule has 1 fully saturated rings. The lowest BCUT2D eigenvalue weighted by Gasteiger charge is -2.50. The second kappa shape index (κ2) is 12.0. The normalized spacial score (nSPS) is 22.2. The SMILES string of the molecule is CC1(C)C(CC(=O)/C(=N\OCCOc2ccc3c(c2)CC[N+](C)(CCN)C3)c2csc(N)n2)C(=O)N1OS(=O)(=O)O. The summed E-state index contributed by atoms with van der Waals surface area (Å²) in [6, 6.07) is 6.02. The first-order valence-corrected chi connectivity index (χ1v) is 15.2. The number of likely N-dealkylation sites (N-methyl/N-ethyl adjacent to an activating group) is 1. The van der Waals surface area contributed by atoms with Gasteiger partial charge in [-0.3, -0.25) is 14.1 Å². The number of rotatable bonds is 13. The van der Waals surface area contributed by atoms with E-state index in [0.717, 1.165) is 41.9 Å². The van der Waals surface area contributed by atoms with Crippen LogP contribution in [-0.4, -0.2) is 90.3 Å².